The Morgan fingerprint density at radius 2 is 2.43 bits per heavy atom. The summed E-state index contributed by atoms with van der Waals surface area (Å²) >= 11 is 0. The predicted octanol–water partition coefficient (Wildman–Crippen LogP) is 1.09. The van der Waals surface area contributed by atoms with Crippen molar-refractivity contribution in [1.82, 2.24) is 0 Å². The van der Waals surface area contributed by atoms with Crippen LogP contribution in [0.1, 0.15) is 0 Å². The molecule has 2 heteroatoms. The van der Waals surface area contributed by atoms with Crippen molar-refractivity contribution in [3.05, 3.63) is 25.2 Å². The van der Waals surface area contributed by atoms with Gasteiger partial charge in [0.25, 0.3) is 0 Å². The average molecular weight is 99.1 g/mol. The van der Waals surface area contributed by atoms with Gasteiger partial charge in [-0.05, 0) is 0 Å². The Labute approximate surface area is 42.7 Å². The second-order valence-corrected chi connectivity index (χ2v) is 0.894. The van der Waals surface area contributed by atoms with Crippen molar-refractivity contribution in [3.63, 3.8) is 0 Å². The first-order valence-corrected chi connectivity index (χ1v) is 1.91. The first kappa shape index (κ1) is 6.08. The second-order valence-electron chi connectivity index (χ2n) is 0.894. The van der Waals surface area contributed by atoms with E-state index in [2.05, 4.69) is 11.3 Å². The van der Waals surface area contributed by atoms with Crippen LogP contribution in [0.2, 0.25) is 0 Å². The summed E-state index contributed by atoms with van der Waals surface area (Å²) in [5, 5.41) is 9.46. The fraction of sp³-hybridized carbons (Fsp3) is 0.200. The van der Waals surface area contributed by atoms with Gasteiger partial charge in [0.05, 0.1) is 0 Å². The fourth-order valence-electron chi connectivity index (χ4n) is 0.163. The lowest BCUT2D eigenvalue weighted by Crippen LogP contribution is -1.76. The Morgan fingerprint density at radius 1 is 1.71 bits per heavy atom. The highest BCUT2D eigenvalue weighted by atomic mass is 16.5. The van der Waals surface area contributed by atoms with Gasteiger partial charge in [-0.15, -0.1) is 0 Å². The van der Waals surface area contributed by atoms with E-state index in [1.165, 1.54) is 0 Å². The Bertz CT molecular complexity index is 66.5. The van der Waals surface area contributed by atoms with Crippen molar-refractivity contribution >= 4 is 0 Å². The van der Waals surface area contributed by atoms with Crippen molar-refractivity contribution in [2.24, 2.45) is 0 Å². The standard InChI is InChI=1S/C5H7O2/c1-2-4-7-5-3-6/h2-3,5H,1,4H2. The van der Waals surface area contributed by atoms with E-state index in [4.69, 9.17) is 0 Å². The Morgan fingerprint density at radius 3 is 2.86 bits per heavy atom. The molecule has 1 radical (unpaired) electrons. The summed E-state index contributed by atoms with van der Waals surface area (Å²) in [7, 11) is 0. The van der Waals surface area contributed by atoms with Crippen molar-refractivity contribution < 1.29 is 9.84 Å². The molecule has 0 saturated carbocycles. The van der Waals surface area contributed by atoms with Gasteiger partial charge in [-0.3, -0.25) is 5.11 Å². The summed E-state index contributed by atoms with van der Waals surface area (Å²) < 4.78 is 4.52. The number of rotatable bonds is 3. The third kappa shape index (κ3) is 5.08. The maximum absolute atomic E-state index is 9.46. The highest BCUT2D eigenvalue weighted by Gasteiger charge is 1.66. The topological polar surface area (TPSA) is 29.1 Å². The minimum atomic E-state index is 0.402. The number of ether oxygens (including phenoxy) is 1. The fourth-order valence-corrected chi connectivity index (χ4v) is 0.163. The van der Waals surface area contributed by atoms with E-state index < -0.39 is 0 Å². The molecule has 0 aromatic rings. The third-order valence-electron chi connectivity index (χ3n) is 0.366. The van der Waals surface area contributed by atoms with Crippen LogP contribution in [0.4, 0.5) is 0 Å². The molecule has 0 aliphatic carbocycles. The largest absolute Gasteiger partial charge is 0.494 e. The Hall–Kier alpha value is -0.920. The lowest BCUT2D eigenvalue weighted by atomic mass is 10.7. The Kier molecular flexibility index (Phi) is 4.41. The minimum absolute atomic E-state index is 0.402. The molecule has 0 atom stereocenters. The van der Waals surface area contributed by atoms with Crippen LogP contribution in [0.5, 0.6) is 0 Å². The summed E-state index contributed by atoms with van der Waals surface area (Å²) in [6.45, 7) is 3.77. The van der Waals surface area contributed by atoms with Crippen molar-refractivity contribution in [3.8, 4) is 0 Å². The molecule has 0 heterocycles. The molecule has 0 rings (SSSR count). The normalized spacial score (nSPS) is 9.14. The maximum atomic E-state index is 9.46. The van der Waals surface area contributed by atoms with E-state index in [0.29, 0.717) is 12.9 Å². The molecule has 0 aliphatic heterocycles. The molecule has 0 aliphatic rings. The first-order valence-electron chi connectivity index (χ1n) is 1.91. The molecule has 0 aromatic carbocycles. The summed E-state index contributed by atoms with van der Waals surface area (Å²) in [5.41, 5.74) is 0. The van der Waals surface area contributed by atoms with Crippen LogP contribution in [0.15, 0.2) is 25.2 Å². The van der Waals surface area contributed by atoms with Gasteiger partial charge in [0, 0.05) is 0 Å². The third-order valence-corrected chi connectivity index (χ3v) is 0.366. The minimum Gasteiger partial charge on any atom is -0.494 e. The molecular weight excluding hydrogens is 92.1 g/mol. The molecule has 0 unspecified atom stereocenters. The monoisotopic (exact) mass is 99.0 g/mol. The first-order chi connectivity index (χ1) is 3.41. The molecule has 0 spiro atoms. The average Bonchev–Trinajstić information content (AvgIpc) is 1.69. The molecule has 7 heavy (non-hydrogen) atoms. The molecule has 0 N–H and O–H groups in total. The highest BCUT2D eigenvalue weighted by Crippen LogP contribution is 1.73. The molecule has 0 bridgehead atoms. The van der Waals surface area contributed by atoms with Crippen molar-refractivity contribution in [2.75, 3.05) is 6.61 Å². The summed E-state index contributed by atoms with van der Waals surface area (Å²) in [5.74, 6) is 0. The van der Waals surface area contributed by atoms with Gasteiger partial charge in [-0.1, -0.05) is 12.7 Å². The molecule has 0 aromatic heterocycles. The van der Waals surface area contributed by atoms with Crippen LogP contribution in [-0.4, -0.2) is 6.61 Å². The van der Waals surface area contributed by atoms with Crippen LogP contribution in [0.25, 0.3) is 0 Å². The molecule has 0 amide bonds. The van der Waals surface area contributed by atoms with Crippen LogP contribution >= 0.6 is 0 Å². The van der Waals surface area contributed by atoms with E-state index in [1.54, 1.807) is 6.08 Å². The molecule has 0 saturated heterocycles. The highest BCUT2D eigenvalue weighted by molar-refractivity contribution is 4.67. The lowest BCUT2D eigenvalue weighted by Gasteiger charge is -1.86. The molecular formula is C5H7O2. The number of hydrogen-bond donors (Lipinski definition) is 0. The van der Waals surface area contributed by atoms with Crippen LogP contribution in [0, 0.1) is 0 Å². The van der Waals surface area contributed by atoms with Gasteiger partial charge < -0.3 is 4.74 Å². The maximum Gasteiger partial charge on any atom is 0.177 e. The van der Waals surface area contributed by atoms with E-state index in [1.807, 2.05) is 0 Å². The van der Waals surface area contributed by atoms with Gasteiger partial charge in [0.1, 0.15) is 12.9 Å². The van der Waals surface area contributed by atoms with Crippen LogP contribution in [-0.2, 0) is 9.84 Å². The van der Waals surface area contributed by atoms with Gasteiger partial charge in [-0.2, -0.15) is 0 Å². The van der Waals surface area contributed by atoms with Gasteiger partial charge >= 0.3 is 0 Å². The quantitative estimate of drug-likeness (QED) is 0.296. The second kappa shape index (κ2) is 5.08. The lowest BCUT2D eigenvalue weighted by molar-refractivity contribution is 0.257. The summed E-state index contributed by atoms with van der Waals surface area (Å²) in [4.78, 5) is 0. The number of hydrogen-bond acceptors (Lipinski definition) is 1. The van der Waals surface area contributed by atoms with Gasteiger partial charge in [0.15, 0.2) is 6.26 Å². The zero-order valence-corrected chi connectivity index (χ0v) is 3.96. The van der Waals surface area contributed by atoms with Crippen molar-refractivity contribution in [2.45, 2.75) is 0 Å². The van der Waals surface area contributed by atoms with E-state index in [9.17, 15) is 5.11 Å². The SMILES string of the molecule is C=CCOC=C[O]. The molecule has 0 fully saturated rings. The zero-order chi connectivity index (χ0) is 5.54. The van der Waals surface area contributed by atoms with Gasteiger partial charge in [-0.25, -0.2) is 0 Å². The summed E-state index contributed by atoms with van der Waals surface area (Å²) in [6, 6.07) is 0. The Balaban J connectivity index is 2.82. The van der Waals surface area contributed by atoms with E-state index >= 15 is 0 Å². The smallest absolute Gasteiger partial charge is 0.177 e. The van der Waals surface area contributed by atoms with Crippen molar-refractivity contribution in [1.29, 1.82) is 0 Å². The van der Waals surface area contributed by atoms with Crippen LogP contribution < -0.4 is 0 Å². The molecule has 39 valence electrons. The zero-order valence-electron chi connectivity index (χ0n) is 3.96. The van der Waals surface area contributed by atoms with E-state index in [0.717, 1.165) is 6.26 Å². The van der Waals surface area contributed by atoms with Gasteiger partial charge in [0.2, 0.25) is 0 Å². The van der Waals surface area contributed by atoms with E-state index in [-0.39, 0.29) is 0 Å². The van der Waals surface area contributed by atoms with Crippen LogP contribution in [0.3, 0.4) is 0 Å². The summed E-state index contributed by atoms with van der Waals surface area (Å²) in [6.07, 6.45) is 3.24. The predicted molar refractivity (Wildman–Crippen MR) is 26.0 cm³/mol. The molecule has 2 nitrogen and oxygen atoms in total.